The summed E-state index contributed by atoms with van der Waals surface area (Å²) in [7, 11) is 0. The highest BCUT2D eigenvalue weighted by Crippen LogP contribution is 2.50. The summed E-state index contributed by atoms with van der Waals surface area (Å²) in [5.74, 6) is 2.64. The third kappa shape index (κ3) is 0.0982. The second-order valence-corrected chi connectivity index (χ2v) is 1.74. The zero-order valence-corrected chi connectivity index (χ0v) is 2.94. The molecule has 0 aliphatic heterocycles. The minimum absolute atomic E-state index is 0.968. The van der Waals surface area contributed by atoms with Gasteiger partial charge in [-0.05, 0) is 12.3 Å². The SMILES string of the molecule is C1=CC2C[C]12. The molecule has 0 aromatic heterocycles. The highest BCUT2D eigenvalue weighted by molar-refractivity contribution is 5.42. The molecule has 2 aliphatic carbocycles. The van der Waals surface area contributed by atoms with Gasteiger partial charge in [-0.2, -0.15) is 0 Å². The largest absolute Gasteiger partial charge is 0.0839 e. The predicted octanol–water partition coefficient (Wildman–Crippen LogP) is 1.15. The smallest absolute Gasteiger partial charge is 0.00475 e. The van der Waals surface area contributed by atoms with Crippen LogP contribution in [0.3, 0.4) is 0 Å². The van der Waals surface area contributed by atoms with Gasteiger partial charge in [0.1, 0.15) is 0 Å². The summed E-state index contributed by atoms with van der Waals surface area (Å²) in [5.41, 5.74) is 0. The van der Waals surface area contributed by atoms with Gasteiger partial charge >= 0.3 is 0 Å². The molecule has 2 aliphatic rings. The monoisotopic (exact) mass is 65.0 g/mol. The van der Waals surface area contributed by atoms with E-state index in [0.29, 0.717) is 0 Å². The van der Waals surface area contributed by atoms with Crippen LogP contribution in [0.2, 0.25) is 0 Å². The van der Waals surface area contributed by atoms with E-state index in [1.807, 2.05) is 0 Å². The molecule has 0 heteroatoms. The Morgan fingerprint density at radius 1 is 1.80 bits per heavy atom. The first kappa shape index (κ1) is 2.01. The van der Waals surface area contributed by atoms with Crippen LogP contribution < -0.4 is 0 Å². The molecule has 0 aromatic carbocycles. The number of rotatable bonds is 0. The molecule has 1 unspecified atom stereocenters. The van der Waals surface area contributed by atoms with Crippen molar-refractivity contribution in [2.75, 3.05) is 0 Å². The maximum absolute atomic E-state index is 2.26. The lowest BCUT2D eigenvalue weighted by atomic mass is 10.1. The normalized spacial score (nSPS) is 43.6. The van der Waals surface area contributed by atoms with Crippen LogP contribution in [0, 0.1) is 11.8 Å². The molecule has 1 atom stereocenters. The van der Waals surface area contributed by atoms with E-state index in [4.69, 9.17) is 0 Å². The summed E-state index contributed by atoms with van der Waals surface area (Å²) in [6, 6.07) is 0. The van der Waals surface area contributed by atoms with Crippen LogP contribution in [0.4, 0.5) is 0 Å². The number of allylic oxidation sites excluding steroid dienone is 2. The van der Waals surface area contributed by atoms with E-state index in [9.17, 15) is 0 Å². The number of hydrogen-bond acceptors (Lipinski definition) is 0. The molecule has 1 radical (unpaired) electrons. The topological polar surface area (TPSA) is 0 Å². The Labute approximate surface area is 31.5 Å². The Balaban J connectivity index is 2.46. The Morgan fingerprint density at radius 2 is 2.60 bits per heavy atom. The number of fused-ring (bicyclic) bond motifs is 1. The van der Waals surface area contributed by atoms with Crippen molar-refractivity contribution in [3.05, 3.63) is 18.1 Å². The molecule has 5 heavy (non-hydrogen) atoms. The fraction of sp³-hybridized carbons (Fsp3) is 0.400. The van der Waals surface area contributed by atoms with Crippen molar-refractivity contribution >= 4 is 0 Å². The van der Waals surface area contributed by atoms with Crippen LogP contribution >= 0.6 is 0 Å². The Hall–Kier alpha value is -0.260. The molecule has 0 nitrogen and oxygen atoms in total. The molecule has 0 N–H and O–H groups in total. The second kappa shape index (κ2) is 0.368. The van der Waals surface area contributed by atoms with E-state index < -0.39 is 0 Å². The minimum atomic E-state index is 0.968. The molecule has 1 saturated carbocycles. The standard InChI is InChI=1S/C5H5/c1-2-5-3-4(1)5/h1-2,4H,3H2. The molecule has 0 spiro atoms. The summed E-state index contributed by atoms with van der Waals surface area (Å²) in [6.07, 6.45) is 5.86. The first-order chi connectivity index (χ1) is 2.47. The van der Waals surface area contributed by atoms with Crippen LogP contribution in [-0.4, -0.2) is 0 Å². The summed E-state index contributed by atoms with van der Waals surface area (Å²) in [5, 5.41) is 0. The highest BCUT2D eigenvalue weighted by atomic mass is 14.4. The molecule has 1 fully saturated rings. The second-order valence-electron chi connectivity index (χ2n) is 1.74. The third-order valence-electron chi connectivity index (χ3n) is 1.31. The van der Waals surface area contributed by atoms with Crippen LogP contribution in [0.25, 0.3) is 0 Å². The molecular weight excluding hydrogens is 60.1 g/mol. The summed E-state index contributed by atoms with van der Waals surface area (Å²) in [4.78, 5) is 0. The van der Waals surface area contributed by atoms with Gasteiger partial charge in [-0.1, -0.05) is 12.2 Å². The van der Waals surface area contributed by atoms with E-state index in [1.165, 1.54) is 6.42 Å². The summed E-state index contributed by atoms with van der Waals surface area (Å²) < 4.78 is 0. The van der Waals surface area contributed by atoms with Crippen LogP contribution in [-0.2, 0) is 0 Å². The van der Waals surface area contributed by atoms with Gasteiger partial charge in [0.05, 0.1) is 0 Å². The fourth-order valence-electron chi connectivity index (χ4n) is 0.699. The van der Waals surface area contributed by atoms with Gasteiger partial charge in [-0.15, -0.1) is 0 Å². The Kier molecular flexibility index (Phi) is 0.148. The molecule has 2 rings (SSSR count). The lowest BCUT2D eigenvalue weighted by molar-refractivity contribution is 1.09. The lowest BCUT2D eigenvalue weighted by Crippen LogP contribution is -1.78. The van der Waals surface area contributed by atoms with Gasteiger partial charge in [0.15, 0.2) is 0 Å². The maximum atomic E-state index is 2.26. The van der Waals surface area contributed by atoms with E-state index in [1.54, 1.807) is 5.92 Å². The average molecular weight is 65.1 g/mol. The summed E-state index contributed by atoms with van der Waals surface area (Å²) in [6.45, 7) is 0. The molecular formula is C5H5. The van der Waals surface area contributed by atoms with E-state index in [-0.39, 0.29) is 0 Å². The molecule has 0 aromatic rings. The van der Waals surface area contributed by atoms with E-state index in [0.717, 1.165) is 5.92 Å². The Morgan fingerprint density at radius 3 is 2.60 bits per heavy atom. The minimum Gasteiger partial charge on any atom is -0.0839 e. The molecule has 0 heterocycles. The molecule has 0 bridgehead atoms. The van der Waals surface area contributed by atoms with Gasteiger partial charge in [0, 0.05) is 5.92 Å². The maximum Gasteiger partial charge on any atom is 0.00475 e. The van der Waals surface area contributed by atoms with Crippen molar-refractivity contribution in [3.8, 4) is 0 Å². The van der Waals surface area contributed by atoms with E-state index >= 15 is 0 Å². The van der Waals surface area contributed by atoms with Crippen molar-refractivity contribution in [1.29, 1.82) is 0 Å². The van der Waals surface area contributed by atoms with Crippen LogP contribution in [0.15, 0.2) is 12.2 Å². The lowest BCUT2D eigenvalue weighted by Gasteiger charge is -1.90. The quantitative estimate of drug-likeness (QED) is 0.397. The summed E-state index contributed by atoms with van der Waals surface area (Å²) >= 11 is 0. The van der Waals surface area contributed by atoms with Crippen LogP contribution in [0.5, 0.6) is 0 Å². The molecule has 0 saturated heterocycles. The zero-order valence-electron chi connectivity index (χ0n) is 2.94. The van der Waals surface area contributed by atoms with Crippen molar-refractivity contribution < 1.29 is 0 Å². The highest BCUT2D eigenvalue weighted by Gasteiger charge is 2.39. The molecule has 0 amide bonds. The van der Waals surface area contributed by atoms with Gasteiger partial charge < -0.3 is 0 Å². The average Bonchev–Trinajstić information content (AvgIpc) is 1.74. The van der Waals surface area contributed by atoms with Gasteiger partial charge in [-0.3, -0.25) is 0 Å². The molecule has 25 valence electrons. The predicted molar refractivity (Wildman–Crippen MR) is 20.5 cm³/mol. The first-order valence-electron chi connectivity index (χ1n) is 2.01. The van der Waals surface area contributed by atoms with Crippen molar-refractivity contribution in [3.63, 3.8) is 0 Å². The van der Waals surface area contributed by atoms with Gasteiger partial charge in [0.25, 0.3) is 0 Å². The van der Waals surface area contributed by atoms with Crippen molar-refractivity contribution in [1.82, 2.24) is 0 Å². The van der Waals surface area contributed by atoms with Crippen LogP contribution in [0.1, 0.15) is 6.42 Å². The van der Waals surface area contributed by atoms with Crippen molar-refractivity contribution in [2.45, 2.75) is 6.42 Å². The van der Waals surface area contributed by atoms with Gasteiger partial charge in [0.2, 0.25) is 0 Å². The zero-order chi connectivity index (χ0) is 3.28. The van der Waals surface area contributed by atoms with E-state index in [2.05, 4.69) is 12.2 Å². The first-order valence-corrected chi connectivity index (χ1v) is 2.01. The van der Waals surface area contributed by atoms with Gasteiger partial charge in [-0.25, -0.2) is 0 Å². The van der Waals surface area contributed by atoms with Crippen molar-refractivity contribution in [2.24, 2.45) is 5.92 Å². The fourth-order valence-corrected chi connectivity index (χ4v) is 0.699. The number of hydrogen-bond donors (Lipinski definition) is 0. The Bertz CT molecular complexity index is 72.0. The third-order valence-corrected chi connectivity index (χ3v) is 1.31.